The lowest BCUT2D eigenvalue weighted by Gasteiger charge is -2.13. The van der Waals surface area contributed by atoms with Gasteiger partial charge in [-0.3, -0.25) is 10.3 Å². The fourth-order valence-corrected chi connectivity index (χ4v) is 4.53. The third-order valence-corrected chi connectivity index (χ3v) is 6.33. The Morgan fingerprint density at radius 2 is 1.97 bits per heavy atom. The molecule has 2 aromatic carbocycles. The first kappa shape index (κ1) is 22.9. The Morgan fingerprint density at radius 1 is 1.15 bits per heavy atom. The van der Waals surface area contributed by atoms with Gasteiger partial charge in [-0.1, -0.05) is 29.4 Å². The summed E-state index contributed by atoms with van der Waals surface area (Å²) in [6, 6.07) is 10.3. The van der Waals surface area contributed by atoms with Crippen molar-refractivity contribution in [3.63, 3.8) is 0 Å². The molecule has 2 heterocycles. The summed E-state index contributed by atoms with van der Waals surface area (Å²) in [6.45, 7) is 1.32. The van der Waals surface area contributed by atoms with E-state index in [2.05, 4.69) is 30.9 Å². The molecule has 3 N–H and O–H groups in total. The van der Waals surface area contributed by atoms with E-state index in [-0.39, 0.29) is 11.3 Å². The summed E-state index contributed by atoms with van der Waals surface area (Å²) in [5.74, 6) is 1.96. The lowest BCUT2D eigenvalue weighted by molar-refractivity contribution is 0.256. The van der Waals surface area contributed by atoms with Crippen LogP contribution in [-0.4, -0.2) is 53.7 Å². The zero-order valence-electron chi connectivity index (χ0n) is 18.1. The maximum Gasteiger partial charge on any atom is 0.325 e. The van der Waals surface area contributed by atoms with Gasteiger partial charge in [-0.15, -0.1) is 0 Å². The number of carbonyl (C=O) groups excluding carboxylic acids is 1. The first-order chi connectivity index (χ1) is 16.1. The summed E-state index contributed by atoms with van der Waals surface area (Å²) in [6.07, 6.45) is 2.36. The van der Waals surface area contributed by atoms with Crippen LogP contribution in [0.4, 0.5) is 16.3 Å². The van der Waals surface area contributed by atoms with E-state index < -0.39 is 0 Å². The molecule has 4 rings (SSSR count). The predicted octanol–water partition coefficient (Wildman–Crippen LogP) is 4.40. The Labute approximate surface area is 200 Å². The molecule has 172 valence electrons. The maximum absolute atomic E-state index is 12.2. The maximum atomic E-state index is 12.2. The van der Waals surface area contributed by atoms with E-state index in [0.29, 0.717) is 40.5 Å². The molecule has 0 bridgehead atoms. The Balaban J connectivity index is 1.28. The molecular formula is C22H23ClN6O3S. The highest BCUT2D eigenvalue weighted by Gasteiger charge is 2.21. The molecule has 0 saturated heterocycles. The third-order valence-electron chi connectivity index (χ3n) is 4.92. The van der Waals surface area contributed by atoms with Crippen LogP contribution in [0.5, 0.6) is 11.5 Å². The SMILES string of the molecule is COc1cc2ncnc(NCCC3CN=C(NC(=O)Nc4cccc(Cl)c4)S3)c2cc1OC. The second-order valence-electron chi connectivity index (χ2n) is 7.14. The Morgan fingerprint density at radius 3 is 2.76 bits per heavy atom. The topological polar surface area (TPSA) is 110 Å². The number of methoxy groups -OCH3 is 2. The number of fused-ring (bicyclic) bond motifs is 1. The summed E-state index contributed by atoms with van der Waals surface area (Å²) < 4.78 is 10.7. The number of rotatable bonds is 7. The van der Waals surface area contributed by atoms with Gasteiger partial charge in [0.1, 0.15) is 12.1 Å². The molecule has 1 aliphatic heterocycles. The Hall–Kier alpha value is -3.24. The number of nitrogens with one attached hydrogen (secondary N) is 3. The average molecular weight is 487 g/mol. The largest absolute Gasteiger partial charge is 0.493 e. The Kier molecular flexibility index (Phi) is 7.36. The van der Waals surface area contributed by atoms with Crippen molar-refractivity contribution in [3.8, 4) is 11.5 Å². The van der Waals surface area contributed by atoms with Crippen molar-refractivity contribution in [2.24, 2.45) is 4.99 Å². The number of benzene rings is 2. The van der Waals surface area contributed by atoms with Gasteiger partial charge in [-0.2, -0.15) is 0 Å². The van der Waals surface area contributed by atoms with Crippen LogP contribution in [0.3, 0.4) is 0 Å². The van der Waals surface area contributed by atoms with Gasteiger partial charge in [0.2, 0.25) is 0 Å². The second kappa shape index (κ2) is 10.6. The van der Waals surface area contributed by atoms with Crippen molar-refractivity contribution in [2.75, 3.05) is 37.9 Å². The van der Waals surface area contributed by atoms with Crippen LogP contribution in [-0.2, 0) is 0 Å². The van der Waals surface area contributed by atoms with Crippen LogP contribution < -0.4 is 25.4 Å². The lowest BCUT2D eigenvalue weighted by Crippen LogP contribution is -2.32. The first-order valence-electron chi connectivity index (χ1n) is 10.2. The van der Waals surface area contributed by atoms with E-state index >= 15 is 0 Å². The van der Waals surface area contributed by atoms with Crippen molar-refractivity contribution < 1.29 is 14.3 Å². The summed E-state index contributed by atoms with van der Waals surface area (Å²) in [5.41, 5.74) is 1.39. The number of anilines is 2. The normalized spacial score (nSPS) is 15.1. The smallest absolute Gasteiger partial charge is 0.325 e. The van der Waals surface area contributed by atoms with Gasteiger partial charge in [0, 0.05) is 34.0 Å². The van der Waals surface area contributed by atoms with Crippen molar-refractivity contribution >= 4 is 57.0 Å². The zero-order chi connectivity index (χ0) is 23.2. The number of ether oxygens (including phenoxy) is 2. The van der Waals surface area contributed by atoms with Crippen LogP contribution in [0.15, 0.2) is 47.7 Å². The van der Waals surface area contributed by atoms with Gasteiger partial charge in [-0.05, 0) is 30.7 Å². The molecule has 33 heavy (non-hydrogen) atoms. The van der Waals surface area contributed by atoms with E-state index in [0.717, 1.165) is 23.1 Å². The van der Waals surface area contributed by atoms with E-state index in [1.807, 2.05) is 12.1 Å². The van der Waals surface area contributed by atoms with E-state index in [9.17, 15) is 4.79 Å². The number of halogens is 1. The minimum atomic E-state index is -0.348. The molecule has 1 aromatic heterocycles. The number of hydrogen-bond acceptors (Lipinski definition) is 8. The molecule has 0 spiro atoms. The van der Waals surface area contributed by atoms with Crippen molar-refractivity contribution in [2.45, 2.75) is 11.7 Å². The summed E-state index contributed by atoms with van der Waals surface area (Å²) >= 11 is 7.49. The van der Waals surface area contributed by atoms with Gasteiger partial charge in [0.05, 0.1) is 26.3 Å². The number of amidine groups is 1. The van der Waals surface area contributed by atoms with Gasteiger partial charge in [-0.25, -0.2) is 14.8 Å². The molecule has 3 aromatic rings. The molecule has 0 fully saturated rings. The van der Waals surface area contributed by atoms with E-state index in [4.69, 9.17) is 21.1 Å². The van der Waals surface area contributed by atoms with Crippen molar-refractivity contribution in [3.05, 3.63) is 47.7 Å². The molecule has 11 heteroatoms. The average Bonchev–Trinajstić information content (AvgIpc) is 3.25. The van der Waals surface area contributed by atoms with E-state index in [1.165, 1.54) is 6.33 Å². The van der Waals surface area contributed by atoms with Crippen molar-refractivity contribution in [1.82, 2.24) is 15.3 Å². The van der Waals surface area contributed by atoms with Gasteiger partial charge in [0.25, 0.3) is 0 Å². The summed E-state index contributed by atoms with van der Waals surface area (Å²) in [4.78, 5) is 25.3. The number of aliphatic imine (C=N–C) groups is 1. The van der Waals surface area contributed by atoms with Crippen LogP contribution in [0.1, 0.15) is 6.42 Å². The highest BCUT2D eigenvalue weighted by Crippen LogP contribution is 2.33. The van der Waals surface area contributed by atoms with Gasteiger partial charge >= 0.3 is 6.03 Å². The molecule has 0 aliphatic carbocycles. The molecule has 1 atom stereocenters. The second-order valence-corrected chi connectivity index (χ2v) is 8.86. The fourth-order valence-electron chi connectivity index (χ4n) is 3.34. The van der Waals surface area contributed by atoms with Crippen LogP contribution in [0.2, 0.25) is 5.02 Å². The van der Waals surface area contributed by atoms with Crippen LogP contribution in [0.25, 0.3) is 10.9 Å². The number of carbonyl (C=O) groups is 1. The van der Waals surface area contributed by atoms with Gasteiger partial charge in [0.15, 0.2) is 16.7 Å². The third kappa shape index (κ3) is 5.77. The molecular weight excluding hydrogens is 464 g/mol. The summed E-state index contributed by atoms with van der Waals surface area (Å²) in [7, 11) is 3.19. The number of thioether (sulfide) groups is 1. The highest BCUT2D eigenvalue weighted by molar-refractivity contribution is 8.14. The predicted molar refractivity (Wildman–Crippen MR) is 133 cm³/mol. The lowest BCUT2D eigenvalue weighted by atomic mass is 10.2. The first-order valence-corrected chi connectivity index (χ1v) is 11.5. The standard InChI is InChI=1S/C22H23ClN6O3S/c1-31-18-9-16-17(10-19(18)32-2)26-12-27-20(16)24-7-6-15-11-25-22(33-15)29-21(30)28-14-5-3-4-13(23)8-14/h3-5,8-10,12,15H,6-7,11H2,1-2H3,(H,24,26,27)(H2,25,28,29,30). The number of aromatic nitrogens is 2. The molecule has 0 radical (unpaired) electrons. The van der Waals surface area contributed by atoms with Crippen LogP contribution >= 0.6 is 23.4 Å². The number of amides is 2. The fraction of sp³-hybridized carbons (Fsp3) is 0.273. The Bertz CT molecular complexity index is 1190. The monoisotopic (exact) mass is 486 g/mol. The zero-order valence-corrected chi connectivity index (χ0v) is 19.7. The van der Waals surface area contributed by atoms with Crippen molar-refractivity contribution in [1.29, 1.82) is 0 Å². The molecule has 1 unspecified atom stereocenters. The van der Waals surface area contributed by atoms with Gasteiger partial charge < -0.3 is 20.1 Å². The number of hydrogen-bond donors (Lipinski definition) is 3. The molecule has 1 aliphatic rings. The van der Waals surface area contributed by atoms with Crippen LogP contribution in [0, 0.1) is 0 Å². The number of urea groups is 1. The molecule has 0 saturated carbocycles. The number of nitrogens with zero attached hydrogens (tertiary/aromatic N) is 3. The minimum Gasteiger partial charge on any atom is -0.493 e. The van der Waals surface area contributed by atoms with E-state index in [1.54, 1.807) is 50.2 Å². The quantitative estimate of drug-likeness (QED) is 0.454. The molecule has 9 nitrogen and oxygen atoms in total. The summed E-state index contributed by atoms with van der Waals surface area (Å²) in [5, 5.41) is 11.2. The molecule has 2 amide bonds. The minimum absolute atomic E-state index is 0.252. The highest BCUT2D eigenvalue weighted by atomic mass is 35.5.